The predicted octanol–water partition coefficient (Wildman–Crippen LogP) is 3.74. The van der Waals surface area contributed by atoms with Crippen LogP contribution in [0.25, 0.3) is 0 Å². The van der Waals surface area contributed by atoms with Crippen molar-refractivity contribution in [3.8, 4) is 0 Å². The molecular weight excluding hydrogens is 360 g/mol. The van der Waals surface area contributed by atoms with Gasteiger partial charge < -0.3 is 11.1 Å². The van der Waals surface area contributed by atoms with Crippen LogP contribution >= 0.6 is 39.7 Å². The van der Waals surface area contributed by atoms with Crippen LogP contribution in [0.2, 0.25) is 0 Å². The summed E-state index contributed by atoms with van der Waals surface area (Å²) in [7, 11) is 0. The number of nitrogens with one attached hydrogen (secondary N) is 1. The molecule has 20 heavy (non-hydrogen) atoms. The molecule has 1 amide bonds. The van der Waals surface area contributed by atoms with Gasteiger partial charge in [-0.15, -0.1) is 23.7 Å². The van der Waals surface area contributed by atoms with Crippen LogP contribution in [0.4, 0.5) is 0 Å². The first-order chi connectivity index (χ1) is 8.87. The average Bonchev–Trinajstić information content (AvgIpc) is 2.74. The van der Waals surface area contributed by atoms with Crippen molar-refractivity contribution in [3.05, 3.63) is 20.8 Å². The van der Waals surface area contributed by atoms with Crippen LogP contribution in [0.5, 0.6) is 0 Å². The van der Waals surface area contributed by atoms with Crippen LogP contribution in [0.1, 0.15) is 38.5 Å². The number of carbonyl (C=O) groups is 1. The van der Waals surface area contributed by atoms with E-state index in [1.165, 1.54) is 4.88 Å². The van der Waals surface area contributed by atoms with Gasteiger partial charge in [-0.3, -0.25) is 4.79 Å². The molecule has 3 N–H and O–H groups in total. The van der Waals surface area contributed by atoms with E-state index in [1.54, 1.807) is 11.3 Å². The summed E-state index contributed by atoms with van der Waals surface area (Å²) in [5, 5.41) is 3.06. The Morgan fingerprint density at radius 3 is 2.60 bits per heavy atom. The lowest BCUT2D eigenvalue weighted by atomic mass is 9.88. The first kappa shape index (κ1) is 19.9. The van der Waals surface area contributed by atoms with Crippen molar-refractivity contribution in [2.24, 2.45) is 11.7 Å². The standard InChI is InChI=1S/C14H23BrN2OS.ClH/c1-10(2)14(3,9-16)17-13(18)6-4-5-11-7-8-12(15)19-11;/h7-8,10H,4-6,9,16H2,1-3H3,(H,17,18);1H. The number of aryl methyl sites for hydroxylation is 1. The minimum Gasteiger partial charge on any atom is -0.349 e. The molecule has 1 heterocycles. The van der Waals surface area contributed by atoms with Crippen LogP contribution in [0.3, 0.4) is 0 Å². The smallest absolute Gasteiger partial charge is 0.220 e. The minimum absolute atomic E-state index is 0. The molecule has 0 saturated carbocycles. The van der Waals surface area contributed by atoms with E-state index in [0.29, 0.717) is 18.9 Å². The molecule has 0 fully saturated rings. The summed E-state index contributed by atoms with van der Waals surface area (Å²) in [6.07, 6.45) is 2.38. The van der Waals surface area contributed by atoms with E-state index in [-0.39, 0.29) is 23.9 Å². The van der Waals surface area contributed by atoms with Crippen molar-refractivity contribution < 1.29 is 4.79 Å². The quantitative estimate of drug-likeness (QED) is 0.753. The highest BCUT2D eigenvalue weighted by Crippen LogP contribution is 2.23. The molecule has 1 aromatic heterocycles. The molecule has 1 atom stereocenters. The van der Waals surface area contributed by atoms with E-state index in [0.717, 1.165) is 16.6 Å². The van der Waals surface area contributed by atoms with Crippen LogP contribution in [-0.2, 0) is 11.2 Å². The molecule has 0 aliphatic rings. The highest BCUT2D eigenvalue weighted by atomic mass is 79.9. The number of hydrogen-bond acceptors (Lipinski definition) is 3. The third-order valence-electron chi connectivity index (χ3n) is 3.58. The van der Waals surface area contributed by atoms with Crippen molar-refractivity contribution in [3.63, 3.8) is 0 Å². The molecule has 0 spiro atoms. The van der Waals surface area contributed by atoms with Crippen LogP contribution in [0, 0.1) is 5.92 Å². The molecule has 1 rings (SSSR count). The zero-order valence-electron chi connectivity index (χ0n) is 12.2. The summed E-state index contributed by atoms with van der Waals surface area (Å²) in [4.78, 5) is 13.3. The van der Waals surface area contributed by atoms with Gasteiger partial charge in [0.1, 0.15) is 0 Å². The Hall–Kier alpha value is -0.100. The fourth-order valence-electron chi connectivity index (χ4n) is 1.72. The summed E-state index contributed by atoms with van der Waals surface area (Å²) < 4.78 is 1.14. The van der Waals surface area contributed by atoms with Crippen LogP contribution in [0.15, 0.2) is 15.9 Å². The minimum atomic E-state index is -0.303. The average molecular weight is 384 g/mol. The Kier molecular flexibility index (Phi) is 8.98. The van der Waals surface area contributed by atoms with Gasteiger partial charge in [0.05, 0.1) is 9.33 Å². The van der Waals surface area contributed by atoms with Crippen molar-refractivity contribution in [1.82, 2.24) is 5.32 Å². The Morgan fingerprint density at radius 1 is 1.50 bits per heavy atom. The maximum Gasteiger partial charge on any atom is 0.220 e. The largest absolute Gasteiger partial charge is 0.349 e. The van der Waals surface area contributed by atoms with E-state index < -0.39 is 0 Å². The lowest BCUT2D eigenvalue weighted by Crippen LogP contribution is -2.54. The zero-order chi connectivity index (χ0) is 14.5. The normalized spacial score (nSPS) is 13.7. The fraction of sp³-hybridized carbons (Fsp3) is 0.643. The predicted molar refractivity (Wildman–Crippen MR) is 92.6 cm³/mol. The Balaban J connectivity index is 0.00000361. The summed E-state index contributed by atoms with van der Waals surface area (Å²) >= 11 is 5.17. The maximum atomic E-state index is 11.9. The number of hydrogen-bond donors (Lipinski definition) is 2. The summed E-state index contributed by atoms with van der Waals surface area (Å²) in [5.41, 5.74) is 5.46. The van der Waals surface area contributed by atoms with E-state index >= 15 is 0 Å². The van der Waals surface area contributed by atoms with Gasteiger partial charge >= 0.3 is 0 Å². The van der Waals surface area contributed by atoms with Gasteiger partial charge in [0, 0.05) is 17.8 Å². The van der Waals surface area contributed by atoms with Gasteiger partial charge in [-0.25, -0.2) is 0 Å². The Bertz CT molecular complexity index is 425. The SMILES string of the molecule is CC(C)C(C)(CN)NC(=O)CCCc1ccc(Br)s1.Cl. The molecule has 1 aromatic rings. The molecule has 0 radical (unpaired) electrons. The molecule has 0 aliphatic heterocycles. The second-order valence-electron chi connectivity index (χ2n) is 5.38. The first-order valence-electron chi connectivity index (χ1n) is 6.62. The number of nitrogens with two attached hydrogens (primary N) is 1. The second-order valence-corrected chi connectivity index (χ2v) is 7.93. The van der Waals surface area contributed by atoms with Gasteiger partial charge in [0.15, 0.2) is 0 Å². The van der Waals surface area contributed by atoms with Crippen molar-refractivity contribution in [1.29, 1.82) is 0 Å². The number of thiophene rings is 1. The van der Waals surface area contributed by atoms with E-state index in [1.807, 2.05) is 13.0 Å². The van der Waals surface area contributed by atoms with Crippen LogP contribution < -0.4 is 11.1 Å². The summed E-state index contributed by atoms with van der Waals surface area (Å²) in [6.45, 7) is 6.63. The lowest BCUT2D eigenvalue weighted by Gasteiger charge is -2.33. The molecule has 1 unspecified atom stereocenters. The van der Waals surface area contributed by atoms with Gasteiger partial charge in [-0.05, 0) is 53.7 Å². The molecule has 0 saturated heterocycles. The number of rotatable bonds is 7. The number of halogens is 2. The van der Waals surface area contributed by atoms with Crippen LogP contribution in [-0.4, -0.2) is 18.0 Å². The Labute approximate surface area is 140 Å². The molecule has 3 nitrogen and oxygen atoms in total. The van der Waals surface area contributed by atoms with E-state index in [4.69, 9.17) is 5.73 Å². The third kappa shape index (κ3) is 6.12. The van der Waals surface area contributed by atoms with Crippen molar-refractivity contribution in [2.45, 2.75) is 45.6 Å². The lowest BCUT2D eigenvalue weighted by molar-refractivity contribution is -0.123. The zero-order valence-corrected chi connectivity index (χ0v) is 15.5. The molecule has 0 aromatic carbocycles. The van der Waals surface area contributed by atoms with E-state index in [9.17, 15) is 4.79 Å². The summed E-state index contributed by atoms with van der Waals surface area (Å²) in [5.74, 6) is 0.423. The fourth-order valence-corrected chi connectivity index (χ4v) is 3.25. The molecule has 0 bridgehead atoms. The molecule has 6 heteroatoms. The highest BCUT2D eigenvalue weighted by molar-refractivity contribution is 9.11. The number of amides is 1. The topological polar surface area (TPSA) is 55.1 Å². The summed E-state index contributed by atoms with van der Waals surface area (Å²) in [6, 6.07) is 4.15. The third-order valence-corrected chi connectivity index (χ3v) is 5.26. The highest BCUT2D eigenvalue weighted by Gasteiger charge is 2.28. The van der Waals surface area contributed by atoms with Crippen molar-refractivity contribution >= 4 is 45.6 Å². The first-order valence-corrected chi connectivity index (χ1v) is 8.23. The van der Waals surface area contributed by atoms with E-state index in [2.05, 4.69) is 41.2 Å². The van der Waals surface area contributed by atoms with Gasteiger partial charge in [-0.2, -0.15) is 0 Å². The second kappa shape index (κ2) is 9.03. The molecule has 0 aliphatic carbocycles. The van der Waals surface area contributed by atoms with Crippen molar-refractivity contribution in [2.75, 3.05) is 6.54 Å². The van der Waals surface area contributed by atoms with Gasteiger partial charge in [0.25, 0.3) is 0 Å². The Morgan fingerprint density at radius 2 is 2.15 bits per heavy atom. The maximum absolute atomic E-state index is 11.9. The van der Waals surface area contributed by atoms with Gasteiger partial charge in [-0.1, -0.05) is 13.8 Å². The van der Waals surface area contributed by atoms with Gasteiger partial charge in [0.2, 0.25) is 5.91 Å². The molecular formula is C14H24BrClN2OS. The molecule has 116 valence electrons. The monoisotopic (exact) mass is 382 g/mol. The number of carbonyl (C=O) groups excluding carboxylic acids is 1.